The van der Waals surface area contributed by atoms with E-state index in [9.17, 15) is 18.4 Å². The summed E-state index contributed by atoms with van der Waals surface area (Å²) in [4.78, 5) is 33.3. The zero-order valence-corrected chi connectivity index (χ0v) is 15.4. The van der Waals surface area contributed by atoms with Crippen molar-refractivity contribution in [2.75, 3.05) is 10.6 Å². The van der Waals surface area contributed by atoms with E-state index in [0.29, 0.717) is 22.3 Å². The van der Waals surface area contributed by atoms with Crippen molar-refractivity contribution in [3.05, 3.63) is 95.8 Å². The van der Waals surface area contributed by atoms with E-state index in [4.69, 9.17) is 0 Å². The predicted molar refractivity (Wildman–Crippen MR) is 108 cm³/mol. The van der Waals surface area contributed by atoms with Gasteiger partial charge in [-0.2, -0.15) is 0 Å². The number of fused-ring (bicyclic) bond motifs is 1. The van der Waals surface area contributed by atoms with Crippen LogP contribution in [-0.2, 0) is 0 Å². The van der Waals surface area contributed by atoms with Gasteiger partial charge in [-0.25, -0.2) is 13.6 Å². The third-order valence-corrected chi connectivity index (χ3v) is 4.25. The minimum atomic E-state index is -0.682. The summed E-state index contributed by atoms with van der Waals surface area (Å²) in [7, 11) is 0. The highest BCUT2D eigenvalue weighted by atomic mass is 19.1. The topological polar surface area (TPSA) is 84.0 Å². The number of hydrogen-bond donors (Lipinski definition) is 2. The summed E-state index contributed by atoms with van der Waals surface area (Å²) < 4.78 is 27.0. The van der Waals surface area contributed by atoms with E-state index >= 15 is 0 Å². The second-order valence-electron chi connectivity index (χ2n) is 6.40. The minimum absolute atomic E-state index is 0.0651. The molecule has 0 saturated heterocycles. The average Bonchev–Trinajstić information content (AvgIpc) is 2.74. The molecule has 0 aliphatic rings. The highest BCUT2D eigenvalue weighted by Crippen LogP contribution is 2.20. The van der Waals surface area contributed by atoms with Gasteiger partial charge in [-0.3, -0.25) is 14.8 Å². The number of nitrogens with zero attached hydrogens (tertiary/aromatic N) is 2. The molecule has 30 heavy (non-hydrogen) atoms. The Morgan fingerprint density at radius 1 is 0.667 bits per heavy atom. The van der Waals surface area contributed by atoms with Crippen LogP contribution in [0.2, 0.25) is 0 Å². The van der Waals surface area contributed by atoms with Gasteiger partial charge in [0.15, 0.2) is 5.78 Å². The lowest BCUT2D eigenvalue weighted by Crippen LogP contribution is -2.19. The molecule has 0 radical (unpaired) electrons. The standard InChI is InChI=1S/C22H14F2N4O2/c23-15-2-4-17(5-3-15)27-22(30)28-18-10-14(9-16(24)12-18)21(29)13-1-6-19-20(11-13)26-8-7-25-19/h1-12H,(H2,27,28,30). The predicted octanol–water partition coefficient (Wildman–Crippen LogP) is 4.78. The Morgan fingerprint density at radius 3 is 2.13 bits per heavy atom. The smallest absolute Gasteiger partial charge is 0.308 e. The first-order valence-electron chi connectivity index (χ1n) is 8.87. The molecule has 4 rings (SSSR count). The normalized spacial score (nSPS) is 10.6. The number of carbonyl (C=O) groups is 2. The Hall–Kier alpha value is -4.20. The van der Waals surface area contributed by atoms with Gasteiger partial charge in [-0.05, 0) is 60.7 Å². The molecule has 0 bridgehead atoms. The summed E-state index contributed by atoms with van der Waals surface area (Å²) in [5.41, 5.74) is 2.01. The molecule has 1 heterocycles. The lowest BCUT2D eigenvalue weighted by molar-refractivity contribution is 0.103. The Balaban J connectivity index is 1.55. The molecule has 2 N–H and O–H groups in total. The van der Waals surface area contributed by atoms with E-state index in [1.165, 1.54) is 36.5 Å². The van der Waals surface area contributed by atoms with E-state index in [0.717, 1.165) is 12.1 Å². The van der Waals surface area contributed by atoms with E-state index in [2.05, 4.69) is 20.6 Å². The second-order valence-corrected chi connectivity index (χ2v) is 6.40. The molecule has 1 aromatic heterocycles. The number of nitrogens with one attached hydrogen (secondary N) is 2. The zero-order chi connectivity index (χ0) is 21.1. The molecule has 0 fully saturated rings. The largest absolute Gasteiger partial charge is 0.323 e. The van der Waals surface area contributed by atoms with Crippen LogP contribution in [0.3, 0.4) is 0 Å². The fourth-order valence-electron chi connectivity index (χ4n) is 2.89. The Bertz CT molecular complexity index is 1260. The van der Waals surface area contributed by atoms with E-state index in [1.807, 2.05) is 0 Å². The van der Waals surface area contributed by atoms with Crippen molar-refractivity contribution in [1.82, 2.24) is 9.97 Å². The summed E-state index contributed by atoms with van der Waals surface area (Å²) in [5, 5.41) is 4.96. The van der Waals surface area contributed by atoms with Crippen LogP contribution >= 0.6 is 0 Å². The van der Waals surface area contributed by atoms with E-state index in [-0.39, 0.29) is 11.3 Å². The number of rotatable bonds is 4. The molecule has 0 saturated carbocycles. The minimum Gasteiger partial charge on any atom is -0.308 e. The fourth-order valence-corrected chi connectivity index (χ4v) is 2.89. The molecule has 148 valence electrons. The van der Waals surface area contributed by atoms with Crippen molar-refractivity contribution in [1.29, 1.82) is 0 Å². The van der Waals surface area contributed by atoms with Crippen molar-refractivity contribution in [2.45, 2.75) is 0 Å². The molecule has 0 aliphatic carbocycles. The van der Waals surface area contributed by atoms with Gasteiger partial charge in [0.05, 0.1) is 11.0 Å². The highest BCUT2D eigenvalue weighted by Gasteiger charge is 2.14. The fraction of sp³-hybridized carbons (Fsp3) is 0. The summed E-state index contributed by atoms with van der Waals surface area (Å²) in [6.45, 7) is 0. The monoisotopic (exact) mass is 404 g/mol. The first-order chi connectivity index (χ1) is 14.5. The van der Waals surface area contributed by atoms with Crippen molar-refractivity contribution < 1.29 is 18.4 Å². The van der Waals surface area contributed by atoms with Crippen LogP contribution in [0.25, 0.3) is 11.0 Å². The summed E-state index contributed by atoms with van der Waals surface area (Å²) in [6.07, 6.45) is 3.06. The van der Waals surface area contributed by atoms with Gasteiger partial charge >= 0.3 is 6.03 Å². The first kappa shape index (κ1) is 19.1. The number of carbonyl (C=O) groups excluding carboxylic acids is 2. The molecular formula is C22H14F2N4O2. The number of anilines is 2. The van der Waals surface area contributed by atoms with Gasteiger partial charge in [-0.1, -0.05) is 0 Å². The highest BCUT2D eigenvalue weighted by molar-refractivity contribution is 6.11. The average molecular weight is 404 g/mol. The van der Waals surface area contributed by atoms with Crippen LogP contribution in [0, 0.1) is 11.6 Å². The molecule has 6 nitrogen and oxygen atoms in total. The number of urea groups is 1. The van der Waals surface area contributed by atoms with Crippen molar-refractivity contribution >= 4 is 34.2 Å². The van der Waals surface area contributed by atoms with Crippen LogP contribution in [0.4, 0.5) is 25.0 Å². The third-order valence-electron chi connectivity index (χ3n) is 4.25. The molecule has 0 aliphatic heterocycles. The zero-order valence-electron chi connectivity index (χ0n) is 15.4. The van der Waals surface area contributed by atoms with E-state index < -0.39 is 23.4 Å². The summed E-state index contributed by atoms with van der Waals surface area (Å²) in [6, 6.07) is 12.9. The van der Waals surface area contributed by atoms with Gasteiger partial charge in [-0.15, -0.1) is 0 Å². The molecule has 2 amide bonds. The Kier molecular flexibility index (Phi) is 5.13. The number of aromatic nitrogens is 2. The van der Waals surface area contributed by atoms with Crippen molar-refractivity contribution in [3.63, 3.8) is 0 Å². The summed E-state index contributed by atoms with van der Waals surface area (Å²) >= 11 is 0. The number of ketones is 1. The van der Waals surface area contributed by atoms with Crippen LogP contribution in [-0.4, -0.2) is 21.8 Å². The Morgan fingerprint density at radius 2 is 1.37 bits per heavy atom. The van der Waals surface area contributed by atoms with E-state index in [1.54, 1.807) is 24.4 Å². The van der Waals surface area contributed by atoms with Crippen molar-refractivity contribution in [2.24, 2.45) is 0 Å². The maximum atomic E-state index is 14.1. The molecule has 4 aromatic rings. The molecule has 3 aromatic carbocycles. The number of hydrogen-bond acceptors (Lipinski definition) is 4. The van der Waals surface area contributed by atoms with Crippen molar-refractivity contribution in [3.8, 4) is 0 Å². The molecule has 0 atom stereocenters. The molecule has 8 heteroatoms. The van der Waals surface area contributed by atoms with Crippen LogP contribution in [0.5, 0.6) is 0 Å². The number of benzene rings is 3. The third kappa shape index (κ3) is 4.27. The maximum Gasteiger partial charge on any atom is 0.323 e. The number of halogens is 2. The first-order valence-corrected chi connectivity index (χ1v) is 8.87. The number of amides is 2. The quantitative estimate of drug-likeness (QED) is 0.480. The molecule has 0 spiro atoms. The van der Waals surface area contributed by atoms with Gasteiger partial charge in [0, 0.05) is 34.9 Å². The SMILES string of the molecule is O=C(Nc1ccc(F)cc1)Nc1cc(F)cc(C(=O)c2ccc3nccnc3c2)c1. The molecular weight excluding hydrogens is 390 g/mol. The summed E-state index contributed by atoms with van der Waals surface area (Å²) in [5.74, 6) is -1.54. The van der Waals surface area contributed by atoms with Gasteiger partial charge in [0.25, 0.3) is 0 Å². The van der Waals surface area contributed by atoms with Gasteiger partial charge in [0.1, 0.15) is 11.6 Å². The second kappa shape index (κ2) is 8.04. The molecule has 0 unspecified atom stereocenters. The lowest BCUT2D eigenvalue weighted by atomic mass is 10.0. The maximum absolute atomic E-state index is 14.1. The Labute approximate surface area is 169 Å². The lowest BCUT2D eigenvalue weighted by Gasteiger charge is -2.10. The van der Waals surface area contributed by atoms with Gasteiger partial charge in [0.2, 0.25) is 0 Å². The van der Waals surface area contributed by atoms with Crippen LogP contribution in [0.15, 0.2) is 73.1 Å². The van der Waals surface area contributed by atoms with Gasteiger partial charge < -0.3 is 10.6 Å². The van der Waals surface area contributed by atoms with Crippen LogP contribution < -0.4 is 10.6 Å². The van der Waals surface area contributed by atoms with Crippen LogP contribution in [0.1, 0.15) is 15.9 Å².